The fourth-order valence-electron chi connectivity index (χ4n) is 1.33. The van der Waals surface area contributed by atoms with Gasteiger partial charge in [0, 0.05) is 18.0 Å². The quantitative estimate of drug-likeness (QED) is 0.896. The average Bonchev–Trinajstić information content (AvgIpc) is 2.41. The molecule has 0 unspecified atom stereocenters. The molecule has 0 bridgehead atoms. The summed E-state index contributed by atoms with van der Waals surface area (Å²) in [4.78, 5) is 30.2. The van der Waals surface area contributed by atoms with Crippen molar-refractivity contribution in [2.24, 2.45) is 0 Å². The van der Waals surface area contributed by atoms with E-state index in [2.05, 4.69) is 15.3 Å². The summed E-state index contributed by atoms with van der Waals surface area (Å²) in [5.41, 5.74) is -0.0131. The summed E-state index contributed by atoms with van der Waals surface area (Å²) in [6.07, 6.45) is 2.65. The van der Waals surface area contributed by atoms with Gasteiger partial charge in [-0.25, -0.2) is 14.8 Å². The lowest BCUT2D eigenvalue weighted by Gasteiger charge is -2.04. The topological polar surface area (TPSA) is 92.2 Å². The van der Waals surface area contributed by atoms with E-state index in [1.54, 1.807) is 12.1 Å². The molecule has 0 aliphatic rings. The van der Waals surface area contributed by atoms with Crippen LogP contribution in [0, 0.1) is 0 Å². The molecule has 0 aliphatic heterocycles. The Morgan fingerprint density at radius 2 is 2.00 bits per heavy atom. The normalized spacial score (nSPS) is 9.95. The predicted octanol–water partition coefficient (Wildman–Crippen LogP) is 2.08. The number of hydrogen-bond acceptors (Lipinski definition) is 4. The number of aromatic carboxylic acids is 1. The van der Waals surface area contributed by atoms with Crippen molar-refractivity contribution in [1.82, 2.24) is 9.97 Å². The van der Waals surface area contributed by atoms with E-state index in [4.69, 9.17) is 16.7 Å². The minimum atomic E-state index is -1.20. The Labute approximate surface area is 113 Å². The van der Waals surface area contributed by atoms with Gasteiger partial charge in [0.15, 0.2) is 0 Å². The molecule has 0 atom stereocenters. The lowest BCUT2D eigenvalue weighted by molar-refractivity contribution is 0.0690. The molecule has 96 valence electrons. The number of rotatable bonds is 3. The molecule has 1 amide bonds. The van der Waals surface area contributed by atoms with Gasteiger partial charge in [0.05, 0.1) is 5.02 Å². The third-order valence-corrected chi connectivity index (χ3v) is 2.43. The van der Waals surface area contributed by atoms with E-state index in [0.29, 0.717) is 10.8 Å². The summed E-state index contributed by atoms with van der Waals surface area (Å²) >= 11 is 5.67. The zero-order valence-electron chi connectivity index (χ0n) is 9.50. The molecule has 2 aromatic rings. The van der Waals surface area contributed by atoms with E-state index in [1.165, 1.54) is 24.5 Å². The SMILES string of the molecule is O=C(Nc1ccc(Cl)cn1)c1ccnc(C(=O)O)c1. The van der Waals surface area contributed by atoms with Crippen molar-refractivity contribution in [1.29, 1.82) is 0 Å². The average molecular weight is 278 g/mol. The minimum absolute atomic E-state index is 0.184. The van der Waals surface area contributed by atoms with Crippen LogP contribution in [0.1, 0.15) is 20.8 Å². The smallest absolute Gasteiger partial charge is 0.354 e. The second-order valence-electron chi connectivity index (χ2n) is 3.55. The van der Waals surface area contributed by atoms with Gasteiger partial charge in [-0.2, -0.15) is 0 Å². The van der Waals surface area contributed by atoms with E-state index < -0.39 is 11.9 Å². The zero-order valence-corrected chi connectivity index (χ0v) is 10.3. The van der Waals surface area contributed by atoms with E-state index in [1.807, 2.05) is 0 Å². The van der Waals surface area contributed by atoms with Crippen molar-refractivity contribution < 1.29 is 14.7 Å². The van der Waals surface area contributed by atoms with E-state index in [9.17, 15) is 9.59 Å². The first kappa shape index (κ1) is 13.0. The molecule has 2 aromatic heterocycles. The molecular formula is C12H8ClN3O3. The Balaban J connectivity index is 2.18. The van der Waals surface area contributed by atoms with Gasteiger partial charge in [0.1, 0.15) is 11.5 Å². The monoisotopic (exact) mass is 277 g/mol. The summed E-state index contributed by atoms with van der Waals surface area (Å²) in [5, 5.41) is 11.8. The summed E-state index contributed by atoms with van der Waals surface area (Å²) < 4.78 is 0. The third kappa shape index (κ3) is 3.26. The molecule has 0 saturated heterocycles. The van der Waals surface area contributed by atoms with Gasteiger partial charge in [-0.05, 0) is 24.3 Å². The number of hydrogen-bond donors (Lipinski definition) is 2. The van der Waals surface area contributed by atoms with Gasteiger partial charge < -0.3 is 10.4 Å². The molecule has 0 aromatic carbocycles. The van der Waals surface area contributed by atoms with E-state index in [-0.39, 0.29) is 11.3 Å². The van der Waals surface area contributed by atoms with Crippen LogP contribution >= 0.6 is 11.6 Å². The maximum Gasteiger partial charge on any atom is 0.354 e. The van der Waals surface area contributed by atoms with Crippen LogP contribution in [0.5, 0.6) is 0 Å². The number of carbonyl (C=O) groups excluding carboxylic acids is 1. The third-order valence-electron chi connectivity index (χ3n) is 2.21. The number of amides is 1. The van der Waals surface area contributed by atoms with Crippen molar-refractivity contribution in [3.05, 3.63) is 52.9 Å². The molecule has 0 aliphatic carbocycles. The number of nitrogens with one attached hydrogen (secondary N) is 1. The molecule has 0 spiro atoms. The molecule has 19 heavy (non-hydrogen) atoms. The van der Waals surface area contributed by atoms with Crippen LogP contribution in [-0.2, 0) is 0 Å². The lowest BCUT2D eigenvalue weighted by atomic mass is 10.2. The number of aromatic nitrogens is 2. The van der Waals surface area contributed by atoms with Gasteiger partial charge in [0.25, 0.3) is 5.91 Å². The zero-order chi connectivity index (χ0) is 13.8. The molecule has 2 rings (SSSR count). The number of carboxylic acid groups (broad SMARTS) is 1. The van der Waals surface area contributed by atoms with Crippen molar-refractivity contribution in [2.45, 2.75) is 0 Å². The Morgan fingerprint density at radius 3 is 2.63 bits per heavy atom. The predicted molar refractivity (Wildman–Crippen MR) is 68.4 cm³/mol. The fourth-order valence-corrected chi connectivity index (χ4v) is 1.44. The van der Waals surface area contributed by atoms with Crippen molar-refractivity contribution in [3.63, 3.8) is 0 Å². The second kappa shape index (κ2) is 5.45. The first-order chi connectivity index (χ1) is 9.06. The molecule has 6 nitrogen and oxygen atoms in total. The van der Waals surface area contributed by atoms with Gasteiger partial charge >= 0.3 is 5.97 Å². The largest absolute Gasteiger partial charge is 0.477 e. The number of anilines is 1. The van der Waals surface area contributed by atoms with E-state index in [0.717, 1.165) is 0 Å². The van der Waals surface area contributed by atoms with Crippen molar-refractivity contribution in [3.8, 4) is 0 Å². The van der Waals surface area contributed by atoms with Gasteiger partial charge in [-0.3, -0.25) is 4.79 Å². The van der Waals surface area contributed by atoms with Crippen molar-refractivity contribution in [2.75, 3.05) is 5.32 Å². The molecule has 2 N–H and O–H groups in total. The Morgan fingerprint density at radius 1 is 1.21 bits per heavy atom. The summed E-state index contributed by atoms with van der Waals surface area (Å²) in [6.45, 7) is 0. The van der Waals surface area contributed by atoms with Gasteiger partial charge in [-0.15, -0.1) is 0 Å². The van der Waals surface area contributed by atoms with E-state index >= 15 is 0 Å². The summed E-state index contributed by atoms with van der Waals surface area (Å²) in [6, 6.07) is 5.73. The minimum Gasteiger partial charge on any atom is -0.477 e. The highest BCUT2D eigenvalue weighted by Crippen LogP contribution is 2.11. The molecule has 7 heteroatoms. The standard InChI is InChI=1S/C12H8ClN3O3/c13-8-1-2-10(15-6-8)16-11(17)7-3-4-14-9(5-7)12(18)19/h1-6H,(H,18,19)(H,15,16,17). The van der Waals surface area contributed by atoms with Crippen LogP contribution < -0.4 is 5.32 Å². The lowest BCUT2D eigenvalue weighted by Crippen LogP contribution is -2.14. The van der Waals surface area contributed by atoms with Crippen LogP contribution in [-0.4, -0.2) is 27.0 Å². The van der Waals surface area contributed by atoms with Crippen LogP contribution in [0.2, 0.25) is 5.02 Å². The number of halogens is 1. The Bertz CT molecular complexity index is 628. The number of carbonyl (C=O) groups is 2. The van der Waals surface area contributed by atoms with Crippen LogP contribution in [0.25, 0.3) is 0 Å². The molecule has 0 radical (unpaired) electrons. The maximum absolute atomic E-state index is 11.9. The molecule has 0 saturated carbocycles. The summed E-state index contributed by atoms with van der Waals surface area (Å²) in [5.74, 6) is -1.35. The molecule has 2 heterocycles. The Kier molecular flexibility index (Phi) is 3.72. The maximum atomic E-state index is 11.9. The molecular weight excluding hydrogens is 270 g/mol. The highest BCUT2D eigenvalue weighted by atomic mass is 35.5. The highest BCUT2D eigenvalue weighted by molar-refractivity contribution is 6.30. The first-order valence-corrected chi connectivity index (χ1v) is 5.56. The fraction of sp³-hybridized carbons (Fsp3) is 0. The van der Waals surface area contributed by atoms with Gasteiger partial charge in [0.2, 0.25) is 0 Å². The first-order valence-electron chi connectivity index (χ1n) is 5.18. The van der Waals surface area contributed by atoms with Gasteiger partial charge in [-0.1, -0.05) is 11.6 Å². The molecule has 0 fully saturated rings. The van der Waals surface area contributed by atoms with Crippen LogP contribution in [0.3, 0.4) is 0 Å². The van der Waals surface area contributed by atoms with Crippen LogP contribution in [0.4, 0.5) is 5.82 Å². The number of carboxylic acids is 1. The summed E-state index contributed by atoms with van der Waals surface area (Å²) in [7, 11) is 0. The highest BCUT2D eigenvalue weighted by Gasteiger charge is 2.11. The Hall–Kier alpha value is -2.47. The number of nitrogens with zero attached hydrogens (tertiary/aromatic N) is 2. The number of pyridine rings is 2. The second-order valence-corrected chi connectivity index (χ2v) is 3.99. The van der Waals surface area contributed by atoms with Crippen molar-refractivity contribution >= 4 is 29.3 Å². The van der Waals surface area contributed by atoms with Crippen LogP contribution in [0.15, 0.2) is 36.7 Å².